The summed E-state index contributed by atoms with van der Waals surface area (Å²) in [6.07, 6.45) is 0. The predicted octanol–water partition coefficient (Wildman–Crippen LogP) is 1.02. The van der Waals surface area contributed by atoms with Gasteiger partial charge in [0.2, 0.25) is 0 Å². The molecular weight excluding hydrogens is 214 g/mol. The van der Waals surface area contributed by atoms with Crippen molar-refractivity contribution in [1.82, 2.24) is 9.80 Å². The Hall–Kier alpha value is -1.26. The molecule has 0 atom stereocenters. The molecule has 1 fully saturated rings. The minimum Gasteiger partial charge on any atom is -0.496 e. The number of nitrogen functional groups attached to an aromatic ring is 1. The maximum atomic E-state index is 5.75. The Morgan fingerprint density at radius 2 is 1.94 bits per heavy atom. The average molecular weight is 235 g/mol. The van der Waals surface area contributed by atoms with Crippen LogP contribution in [0.5, 0.6) is 5.75 Å². The van der Waals surface area contributed by atoms with E-state index in [0.717, 1.165) is 44.2 Å². The van der Waals surface area contributed by atoms with Gasteiger partial charge in [0.25, 0.3) is 0 Å². The molecule has 0 radical (unpaired) electrons. The van der Waals surface area contributed by atoms with Gasteiger partial charge in [-0.15, -0.1) is 0 Å². The quantitative estimate of drug-likeness (QED) is 0.794. The van der Waals surface area contributed by atoms with Gasteiger partial charge in [-0.2, -0.15) is 0 Å². The molecule has 0 amide bonds. The first-order chi connectivity index (χ1) is 8.19. The Morgan fingerprint density at radius 3 is 2.59 bits per heavy atom. The minimum atomic E-state index is 0.754. The number of likely N-dealkylation sites (N-methyl/N-ethyl adjacent to an activating group) is 1. The van der Waals surface area contributed by atoms with E-state index in [4.69, 9.17) is 10.5 Å². The van der Waals surface area contributed by atoms with E-state index in [-0.39, 0.29) is 0 Å². The van der Waals surface area contributed by atoms with Crippen LogP contribution in [-0.2, 0) is 6.54 Å². The van der Waals surface area contributed by atoms with Crippen molar-refractivity contribution in [2.24, 2.45) is 0 Å². The standard InChI is InChI=1S/C13H21N3O/c1-15-5-7-16(8-6-15)10-11-3-4-12(14)9-13(11)17-2/h3-4,9H,5-8,10,14H2,1-2H3. The van der Waals surface area contributed by atoms with Gasteiger partial charge in [0.05, 0.1) is 7.11 Å². The summed E-state index contributed by atoms with van der Waals surface area (Å²) in [6.45, 7) is 5.44. The lowest BCUT2D eigenvalue weighted by Crippen LogP contribution is -2.43. The van der Waals surface area contributed by atoms with Crippen LogP contribution in [0.2, 0.25) is 0 Å². The largest absolute Gasteiger partial charge is 0.496 e. The van der Waals surface area contributed by atoms with Gasteiger partial charge >= 0.3 is 0 Å². The van der Waals surface area contributed by atoms with Crippen molar-refractivity contribution in [3.8, 4) is 5.75 Å². The van der Waals surface area contributed by atoms with Crippen LogP contribution >= 0.6 is 0 Å². The first-order valence-corrected chi connectivity index (χ1v) is 6.02. The molecule has 94 valence electrons. The number of piperazine rings is 1. The van der Waals surface area contributed by atoms with Crippen LogP contribution in [0.3, 0.4) is 0 Å². The Kier molecular flexibility index (Phi) is 3.86. The SMILES string of the molecule is COc1cc(N)ccc1CN1CCN(C)CC1. The first kappa shape index (κ1) is 12.2. The zero-order valence-corrected chi connectivity index (χ0v) is 10.6. The molecule has 4 heteroatoms. The van der Waals surface area contributed by atoms with Gasteiger partial charge in [-0.1, -0.05) is 6.07 Å². The second-order valence-corrected chi connectivity index (χ2v) is 4.65. The summed E-state index contributed by atoms with van der Waals surface area (Å²) in [5.74, 6) is 0.893. The highest BCUT2D eigenvalue weighted by Crippen LogP contribution is 2.23. The lowest BCUT2D eigenvalue weighted by atomic mass is 10.1. The fourth-order valence-corrected chi connectivity index (χ4v) is 2.14. The van der Waals surface area contributed by atoms with E-state index >= 15 is 0 Å². The van der Waals surface area contributed by atoms with Gasteiger partial charge in [-0.3, -0.25) is 4.90 Å². The summed E-state index contributed by atoms with van der Waals surface area (Å²) in [7, 11) is 3.86. The Balaban J connectivity index is 2.03. The zero-order chi connectivity index (χ0) is 12.3. The smallest absolute Gasteiger partial charge is 0.125 e. The summed E-state index contributed by atoms with van der Waals surface area (Å²) in [5, 5.41) is 0. The average Bonchev–Trinajstić information content (AvgIpc) is 2.34. The van der Waals surface area contributed by atoms with Crippen molar-refractivity contribution in [1.29, 1.82) is 0 Å². The molecule has 1 aromatic carbocycles. The van der Waals surface area contributed by atoms with Crippen molar-refractivity contribution in [3.63, 3.8) is 0 Å². The fourth-order valence-electron chi connectivity index (χ4n) is 2.14. The molecule has 0 aliphatic carbocycles. The number of anilines is 1. The van der Waals surface area contributed by atoms with Gasteiger partial charge in [-0.05, 0) is 13.1 Å². The van der Waals surface area contributed by atoms with Gasteiger partial charge in [0.15, 0.2) is 0 Å². The topological polar surface area (TPSA) is 41.7 Å². The number of nitrogens with zero attached hydrogens (tertiary/aromatic N) is 2. The molecule has 4 nitrogen and oxygen atoms in total. The normalized spacial score (nSPS) is 18.2. The molecule has 1 heterocycles. The lowest BCUT2D eigenvalue weighted by molar-refractivity contribution is 0.147. The van der Waals surface area contributed by atoms with Crippen LogP contribution in [0, 0.1) is 0 Å². The Labute approximate surface area is 103 Å². The van der Waals surface area contributed by atoms with Gasteiger partial charge < -0.3 is 15.4 Å². The highest BCUT2D eigenvalue weighted by Gasteiger charge is 2.15. The second-order valence-electron chi connectivity index (χ2n) is 4.65. The third kappa shape index (κ3) is 3.11. The predicted molar refractivity (Wildman–Crippen MR) is 70.2 cm³/mol. The highest BCUT2D eigenvalue weighted by atomic mass is 16.5. The lowest BCUT2D eigenvalue weighted by Gasteiger charge is -2.32. The summed E-state index contributed by atoms with van der Waals surface area (Å²) in [4.78, 5) is 4.81. The van der Waals surface area contributed by atoms with Crippen molar-refractivity contribution in [2.75, 3.05) is 46.1 Å². The monoisotopic (exact) mass is 235 g/mol. The van der Waals surface area contributed by atoms with E-state index in [2.05, 4.69) is 22.9 Å². The van der Waals surface area contributed by atoms with Crippen LogP contribution in [0.15, 0.2) is 18.2 Å². The molecule has 17 heavy (non-hydrogen) atoms. The summed E-state index contributed by atoms with van der Waals surface area (Å²) in [6, 6.07) is 5.89. The summed E-state index contributed by atoms with van der Waals surface area (Å²) < 4.78 is 5.37. The van der Waals surface area contributed by atoms with Gasteiger partial charge in [-0.25, -0.2) is 0 Å². The Morgan fingerprint density at radius 1 is 1.24 bits per heavy atom. The molecular formula is C13H21N3O. The third-order valence-electron chi connectivity index (χ3n) is 3.30. The summed E-state index contributed by atoms with van der Waals surface area (Å²) >= 11 is 0. The molecule has 1 aliphatic rings. The van der Waals surface area contributed by atoms with Crippen LogP contribution in [0.25, 0.3) is 0 Å². The molecule has 2 rings (SSSR count). The molecule has 1 saturated heterocycles. The molecule has 0 unspecified atom stereocenters. The van der Waals surface area contributed by atoms with Crippen molar-refractivity contribution in [2.45, 2.75) is 6.54 Å². The Bertz CT molecular complexity index is 373. The van der Waals surface area contributed by atoms with Crippen LogP contribution < -0.4 is 10.5 Å². The van der Waals surface area contributed by atoms with Gasteiger partial charge in [0, 0.05) is 50.0 Å². The number of hydrogen-bond donors (Lipinski definition) is 1. The number of rotatable bonds is 3. The zero-order valence-electron chi connectivity index (χ0n) is 10.6. The maximum absolute atomic E-state index is 5.75. The molecule has 0 spiro atoms. The van der Waals surface area contributed by atoms with E-state index in [1.54, 1.807) is 7.11 Å². The van der Waals surface area contributed by atoms with E-state index in [1.165, 1.54) is 5.56 Å². The maximum Gasteiger partial charge on any atom is 0.125 e. The van der Waals surface area contributed by atoms with Crippen molar-refractivity contribution >= 4 is 5.69 Å². The molecule has 0 bridgehead atoms. The molecule has 1 aliphatic heterocycles. The van der Waals surface area contributed by atoms with E-state index in [9.17, 15) is 0 Å². The molecule has 1 aromatic rings. The molecule has 2 N–H and O–H groups in total. The highest BCUT2D eigenvalue weighted by molar-refractivity contribution is 5.48. The first-order valence-electron chi connectivity index (χ1n) is 6.02. The molecule has 0 saturated carbocycles. The van der Waals surface area contributed by atoms with Crippen LogP contribution in [0.1, 0.15) is 5.56 Å². The van der Waals surface area contributed by atoms with Gasteiger partial charge in [0.1, 0.15) is 5.75 Å². The third-order valence-corrected chi connectivity index (χ3v) is 3.30. The van der Waals surface area contributed by atoms with Crippen molar-refractivity contribution < 1.29 is 4.74 Å². The van der Waals surface area contributed by atoms with Crippen LogP contribution in [0.4, 0.5) is 5.69 Å². The second kappa shape index (κ2) is 5.38. The number of nitrogens with two attached hydrogens (primary N) is 1. The number of hydrogen-bond acceptors (Lipinski definition) is 4. The fraction of sp³-hybridized carbons (Fsp3) is 0.538. The summed E-state index contributed by atoms with van der Waals surface area (Å²) in [5.41, 5.74) is 7.72. The molecule has 0 aromatic heterocycles. The minimum absolute atomic E-state index is 0.754. The van der Waals surface area contributed by atoms with E-state index < -0.39 is 0 Å². The number of benzene rings is 1. The van der Waals surface area contributed by atoms with Crippen LogP contribution in [-0.4, -0.2) is 50.1 Å². The van der Waals surface area contributed by atoms with E-state index in [1.807, 2.05) is 12.1 Å². The number of ether oxygens (including phenoxy) is 1. The number of methoxy groups -OCH3 is 1. The van der Waals surface area contributed by atoms with E-state index in [0.29, 0.717) is 0 Å². The van der Waals surface area contributed by atoms with Crippen molar-refractivity contribution in [3.05, 3.63) is 23.8 Å².